The van der Waals surface area contributed by atoms with Gasteiger partial charge in [0.05, 0.1) is 28.8 Å². The summed E-state index contributed by atoms with van der Waals surface area (Å²) in [4.78, 5) is 17.1. The topological polar surface area (TPSA) is 99.2 Å². The van der Waals surface area contributed by atoms with E-state index in [0.717, 1.165) is 0 Å². The SMILES string of the molecule is C[C@H]1CN([C@@H](C)CO)C(=O)c2cccc(NS(=O)(=O)c3ccc(Cl)cc3)c2O[C@H]1CN(C)C. The number of aliphatic hydroxyl groups excluding tert-OH is 1. The molecule has 33 heavy (non-hydrogen) atoms. The van der Waals surface area contributed by atoms with Crippen LogP contribution in [-0.4, -0.2) is 75.2 Å². The molecule has 0 aromatic heterocycles. The lowest BCUT2D eigenvalue weighted by Crippen LogP contribution is -2.49. The summed E-state index contributed by atoms with van der Waals surface area (Å²) in [5, 5.41) is 10.2. The van der Waals surface area contributed by atoms with E-state index in [-0.39, 0.29) is 46.4 Å². The highest BCUT2D eigenvalue weighted by Gasteiger charge is 2.34. The lowest BCUT2D eigenvalue weighted by molar-refractivity contribution is 0.0366. The normalized spacial score (nSPS) is 20.0. The van der Waals surface area contributed by atoms with E-state index < -0.39 is 16.1 Å². The van der Waals surface area contributed by atoms with Crippen molar-refractivity contribution in [3.05, 3.63) is 53.1 Å². The van der Waals surface area contributed by atoms with Crippen LogP contribution in [0.4, 0.5) is 5.69 Å². The van der Waals surface area contributed by atoms with E-state index in [1.165, 1.54) is 24.3 Å². The summed E-state index contributed by atoms with van der Waals surface area (Å²) in [7, 11) is -0.113. The summed E-state index contributed by atoms with van der Waals surface area (Å²) in [6.45, 7) is 4.54. The van der Waals surface area contributed by atoms with Crippen LogP contribution in [-0.2, 0) is 10.0 Å². The minimum Gasteiger partial charge on any atom is -0.486 e. The molecule has 2 aromatic rings. The lowest BCUT2D eigenvalue weighted by Gasteiger charge is -2.38. The predicted molar refractivity (Wildman–Crippen MR) is 128 cm³/mol. The number of nitrogens with zero attached hydrogens (tertiary/aromatic N) is 2. The Labute approximate surface area is 200 Å². The van der Waals surface area contributed by atoms with Crippen LogP contribution in [0.15, 0.2) is 47.4 Å². The second-order valence-electron chi connectivity index (χ2n) is 8.63. The van der Waals surface area contributed by atoms with E-state index in [2.05, 4.69) is 4.72 Å². The fourth-order valence-electron chi connectivity index (χ4n) is 3.72. The second-order valence-corrected chi connectivity index (χ2v) is 10.7. The maximum absolute atomic E-state index is 13.4. The number of benzene rings is 2. The van der Waals surface area contributed by atoms with Gasteiger partial charge in [0.2, 0.25) is 0 Å². The standard InChI is InChI=1S/C23H30ClN3O5S/c1-15-12-27(16(2)14-28)23(29)19-6-5-7-20(22(19)32-21(15)13-26(3)4)25-33(30,31)18-10-8-17(24)9-11-18/h5-11,15-16,21,25,28H,12-14H2,1-4H3/t15-,16-,21-/m0/s1. The predicted octanol–water partition coefficient (Wildman–Crippen LogP) is 2.92. The first-order chi connectivity index (χ1) is 15.5. The van der Waals surface area contributed by atoms with E-state index >= 15 is 0 Å². The molecule has 0 radical (unpaired) electrons. The molecule has 0 saturated heterocycles. The summed E-state index contributed by atoms with van der Waals surface area (Å²) in [5.74, 6) is -0.220. The second kappa shape index (κ2) is 10.3. The minimum absolute atomic E-state index is 0.0374. The Balaban J connectivity index is 2.09. The fraction of sp³-hybridized carbons (Fsp3) is 0.435. The number of ether oxygens (including phenoxy) is 1. The zero-order valence-electron chi connectivity index (χ0n) is 19.2. The highest BCUT2D eigenvalue weighted by Crippen LogP contribution is 2.36. The molecule has 2 N–H and O–H groups in total. The zero-order chi connectivity index (χ0) is 24.3. The number of hydrogen-bond donors (Lipinski definition) is 2. The molecule has 0 aliphatic carbocycles. The minimum atomic E-state index is -3.95. The molecule has 1 aliphatic rings. The van der Waals surface area contributed by atoms with E-state index in [1.54, 1.807) is 30.0 Å². The summed E-state index contributed by atoms with van der Waals surface area (Å²) < 4.78 is 35.0. The average Bonchev–Trinajstić information content (AvgIpc) is 2.76. The molecule has 1 aliphatic heterocycles. The molecule has 0 spiro atoms. The number of likely N-dealkylation sites (N-methyl/N-ethyl adjacent to an activating group) is 1. The van der Waals surface area contributed by atoms with Gasteiger partial charge in [-0.2, -0.15) is 0 Å². The van der Waals surface area contributed by atoms with Gasteiger partial charge in [-0.25, -0.2) is 8.42 Å². The van der Waals surface area contributed by atoms with Gasteiger partial charge in [-0.15, -0.1) is 0 Å². The van der Waals surface area contributed by atoms with Gasteiger partial charge in [0.25, 0.3) is 15.9 Å². The van der Waals surface area contributed by atoms with Crippen molar-refractivity contribution in [3.63, 3.8) is 0 Å². The first kappa shape index (κ1) is 25.3. The molecule has 0 unspecified atom stereocenters. The lowest BCUT2D eigenvalue weighted by atomic mass is 9.99. The van der Waals surface area contributed by atoms with Crippen molar-refractivity contribution in [1.29, 1.82) is 0 Å². The molecule has 1 amide bonds. The Bertz CT molecular complexity index is 1090. The van der Waals surface area contributed by atoms with Gasteiger partial charge < -0.3 is 19.6 Å². The van der Waals surface area contributed by atoms with Crippen molar-refractivity contribution in [3.8, 4) is 5.75 Å². The molecule has 8 nitrogen and oxygen atoms in total. The Morgan fingerprint density at radius 1 is 1.24 bits per heavy atom. The Morgan fingerprint density at radius 3 is 2.52 bits per heavy atom. The molecule has 0 fully saturated rings. The number of anilines is 1. The molecular formula is C23H30ClN3O5S. The van der Waals surface area contributed by atoms with Crippen LogP contribution in [0.1, 0.15) is 24.2 Å². The number of amides is 1. The smallest absolute Gasteiger partial charge is 0.262 e. The Morgan fingerprint density at radius 2 is 1.91 bits per heavy atom. The molecule has 3 rings (SSSR count). The van der Waals surface area contributed by atoms with Gasteiger partial charge in [0.1, 0.15) is 6.10 Å². The number of aliphatic hydroxyl groups is 1. The van der Waals surface area contributed by atoms with Crippen molar-refractivity contribution in [2.24, 2.45) is 5.92 Å². The van der Waals surface area contributed by atoms with E-state index in [0.29, 0.717) is 18.1 Å². The molecule has 0 saturated carbocycles. The molecule has 1 heterocycles. The van der Waals surface area contributed by atoms with Crippen molar-refractivity contribution in [2.45, 2.75) is 30.9 Å². The number of carbonyl (C=O) groups is 1. The maximum Gasteiger partial charge on any atom is 0.262 e. The van der Waals surface area contributed by atoms with Crippen LogP contribution in [0, 0.1) is 5.92 Å². The molecule has 3 atom stereocenters. The van der Waals surface area contributed by atoms with Crippen LogP contribution in [0.25, 0.3) is 0 Å². The largest absolute Gasteiger partial charge is 0.486 e. The van der Waals surface area contributed by atoms with Crippen LogP contribution in [0.5, 0.6) is 5.75 Å². The highest BCUT2D eigenvalue weighted by molar-refractivity contribution is 7.92. The van der Waals surface area contributed by atoms with Gasteiger partial charge in [0.15, 0.2) is 5.75 Å². The molecule has 2 aromatic carbocycles. The number of para-hydroxylation sites is 1. The number of nitrogens with one attached hydrogen (secondary N) is 1. The van der Waals surface area contributed by atoms with E-state index in [1.807, 2.05) is 25.9 Å². The third-order valence-electron chi connectivity index (χ3n) is 5.60. The van der Waals surface area contributed by atoms with E-state index in [9.17, 15) is 18.3 Å². The van der Waals surface area contributed by atoms with Crippen LogP contribution < -0.4 is 9.46 Å². The van der Waals surface area contributed by atoms with Gasteiger partial charge in [-0.3, -0.25) is 9.52 Å². The number of halogens is 1. The number of hydrogen-bond acceptors (Lipinski definition) is 6. The van der Waals surface area contributed by atoms with E-state index in [4.69, 9.17) is 16.3 Å². The number of fused-ring (bicyclic) bond motifs is 1. The maximum atomic E-state index is 13.4. The summed E-state index contributed by atoms with van der Waals surface area (Å²) in [5.41, 5.74) is 0.410. The van der Waals surface area contributed by atoms with Crippen LogP contribution >= 0.6 is 11.6 Å². The van der Waals surface area contributed by atoms with Gasteiger partial charge >= 0.3 is 0 Å². The summed E-state index contributed by atoms with van der Waals surface area (Å²) >= 11 is 5.89. The monoisotopic (exact) mass is 495 g/mol. The first-order valence-corrected chi connectivity index (χ1v) is 12.5. The number of sulfonamides is 1. The van der Waals surface area contributed by atoms with Crippen molar-refractivity contribution < 1.29 is 23.1 Å². The van der Waals surface area contributed by atoms with Gasteiger partial charge in [-0.1, -0.05) is 24.6 Å². The Kier molecular flexibility index (Phi) is 7.89. The average molecular weight is 496 g/mol. The number of rotatable bonds is 7. The first-order valence-electron chi connectivity index (χ1n) is 10.7. The number of carbonyl (C=O) groups excluding carboxylic acids is 1. The third-order valence-corrected chi connectivity index (χ3v) is 7.24. The molecule has 10 heteroatoms. The van der Waals surface area contributed by atoms with Crippen LogP contribution in [0.3, 0.4) is 0 Å². The third kappa shape index (κ3) is 5.78. The quantitative estimate of drug-likeness (QED) is 0.612. The summed E-state index contributed by atoms with van der Waals surface area (Å²) in [6.07, 6.45) is -0.318. The highest BCUT2D eigenvalue weighted by atomic mass is 35.5. The van der Waals surface area contributed by atoms with Crippen molar-refractivity contribution in [1.82, 2.24) is 9.80 Å². The fourth-order valence-corrected chi connectivity index (χ4v) is 4.91. The van der Waals surface area contributed by atoms with Crippen LogP contribution in [0.2, 0.25) is 5.02 Å². The van der Waals surface area contributed by atoms with Gasteiger partial charge in [0, 0.05) is 24.0 Å². The zero-order valence-corrected chi connectivity index (χ0v) is 20.7. The van der Waals surface area contributed by atoms with Gasteiger partial charge in [-0.05, 0) is 57.4 Å². The molecular weight excluding hydrogens is 466 g/mol. The van der Waals surface area contributed by atoms with Crippen molar-refractivity contribution in [2.75, 3.05) is 38.5 Å². The molecule has 0 bridgehead atoms. The summed E-state index contributed by atoms with van der Waals surface area (Å²) in [6, 6.07) is 10.2. The molecule has 180 valence electrons. The van der Waals surface area contributed by atoms with Crippen molar-refractivity contribution >= 4 is 33.2 Å². The Hall–Kier alpha value is -2.33.